The predicted molar refractivity (Wildman–Crippen MR) is 48.6 cm³/mol. The van der Waals surface area contributed by atoms with Gasteiger partial charge in [0.15, 0.2) is 0 Å². The number of aliphatic hydroxyl groups excluding tert-OH is 1. The van der Waals surface area contributed by atoms with Crippen LogP contribution in [0.4, 0.5) is 0 Å². The maximum atomic E-state index is 9.63. The summed E-state index contributed by atoms with van der Waals surface area (Å²) >= 11 is 0. The smallest absolute Gasteiger partial charge is 0.0954 e. The average Bonchev–Trinajstić information content (AvgIpc) is 2.32. The molecule has 68 valence electrons. The van der Waals surface area contributed by atoms with Crippen molar-refractivity contribution in [2.45, 2.75) is 31.9 Å². The van der Waals surface area contributed by atoms with Crippen molar-refractivity contribution in [2.75, 3.05) is 0 Å². The molecule has 0 radical (unpaired) electrons. The van der Waals surface area contributed by atoms with Crippen LogP contribution < -0.4 is 5.73 Å². The van der Waals surface area contributed by atoms with Crippen molar-refractivity contribution in [2.24, 2.45) is 5.73 Å². The fraction of sp³-hybridized carbons (Fsp3) is 0.556. The van der Waals surface area contributed by atoms with Crippen molar-refractivity contribution in [1.82, 2.24) is 4.98 Å². The molecule has 0 aliphatic carbocycles. The molecule has 1 atom stereocenters. The van der Waals surface area contributed by atoms with Gasteiger partial charge < -0.3 is 15.8 Å². The van der Waals surface area contributed by atoms with Gasteiger partial charge in [-0.05, 0) is 32.4 Å². The Morgan fingerprint density at radius 1 is 1.67 bits per heavy atom. The van der Waals surface area contributed by atoms with Gasteiger partial charge in [0.05, 0.1) is 6.10 Å². The summed E-state index contributed by atoms with van der Waals surface area (Å²) in [5, 5.41) is 9.63. The quantitative estimate of drug-likeness (QED) is 0.634. The Morgan fingerprint density at radius 2 is 2.33 bits per heavy atom. The molecule has 0 spiro atoms. The topological polar surface area (TPSA) is 62.0 Å². The van der Waals surface area contributed by atoms with Gasteiger partial charge >= 0.3 is 0 Å². The third kappa shape index (κ3) is 2.68. The highest BCUT2D eigenvalue weighted by atomic mass is 16.3. The Labute approximate surface area is 72.6 Å². The van der Waals surface area contributed by atoms with Gasteiger partial charge in [-0.3, -0.25) is 0 Å². The summed E-state index contributed by atoms with van der Waals surface area (Å²) in [6.45, 7) is 3.80. The number of aromatic amines is 1. The molecule has 0 bridgehead atoms. The van der Waals surface area contributed by atoms with Crippen LogP contribution in [0.3, 0.4) is 0 Å². The first-order valence-corrected chi connectivity index (χ1v) is 4.09. The van der Waals surface area contributed by atoms with Gasteiger partial charge in [-0.15, -0.1) is 0 Å². The number of nitrogens with one attached hydrogen (secondary N) is 1. The molecule has 4 N–H and O–H groups in total. The van der Waals surface area contributed by atoms with Crippen LogP contribution in [0.15, 0.2) is 18.3 Å². The molecule has 0 aliphatic heterocycles. The van der Waals surface area contributed by atoms with Crippen molar-refractivity contribution in [3.05, 3.63) is 24.0 Å². The van der Waals surface area contributed by atoms with Gasteiger partial charge in [-0.25, -0.2) is 0 Å². The van der Waals surface area contributed by atoms with E-state index in [2.05, 4.69) is 4.98 Å². The molecule has 3 nitrogen and oxygen atoms in total. The summed E-state index contributed by atoms with van der Waals surface area (Å²) in [6.07, 6.45) is 1.87. The van der Waals surface area contributed by atoms with Crippen LogP contribution in [-0.2, 0) is 0 Å². The van der Waals surface area contributed by atoms with Crippen LogP contribution in [0.5, 0.6) is 0 Å². The maximum absolute atomic E-state index is 9.63. The molecule has 0 amide bonds. The van der Waals surface area contributed by atoms with Gasteiger partial charge in [-0.1, -0.05) is 0 Å². The van der Waals surface area contributed by atoms with Crippen LogP contribution in [0.25, 0.3) is 0 Å². The summed E-state index contributed by atoms with van der Waals surface area (Å²) in [7, 11) is 0. The third-order valence-electron chi connectivity index (χ3n) is 1.70. The van der Waals surface area contributed by atoms with Crippen molar-refractivity contribution in [1.29, 1.82) is 0 Å². The van der Waals surface area contributed by atoms with E-state index in [-0.39, 0.29) is 5.54 Å². The maximum Gasteiger partial charge on any atom is 0.0954 e. The van der Waals surface area contributed by atoms with Crippen molar-refractivity contribution >= 4 is 0 Å². The number of H-pyrrole nitrogens is 1. The highest BCUT2D eigenvalue weighted by Gasteiger charge is 2.18. The van der Waals surface area contributed by atoms with E-state index < -0.39 is 6.10 Å². The van der Waals surface area contributed by atoms with Crippen LogP contribution in [-0.4, -0.2) is 15.6 Å². The van der Waals surface area contributed by atoms with Crippen molar-refractivity contribution in [3.63, 3.8) is 0 Å². The first-order valence-electron chi connectivity index (χ1n) is 4.09. The molecule has 3 heteroatoms. The summed E-state index contributed by atoms with van der Waals surface area (Å²) in [5.41, 5.74) is 6.27. The number of nitrogens with two attached hydrogens (primary N) is 1. The zero-order valence-corrected chi connectivity index (χ0v) is 7.54. The summed E-state index contributed by atoms with van der Waals surface area (Å²) < 4.78 is 0. The van der Waals surface area contributed by atoms with Crippen LogP contribution in [0.2, 0.25) is 0 Å². The Morgan fingerprint density at radius 3 is 2.75 bits per heavy atom. The molecule has 0 fully saturated rings. The third-order valence-corrected chi connectivity index (χ3v) is 1.70. The molecule has 0 saturated carbocycles. The number of hydrogen-bond donors (Lipinski definition) is 3. The fourth-order valence-electron chi connectivity index (χ4n) is 1.16. The van der Waals surface area contributed by atoms with E-state index in [4.69, 9.17) is 5.73 Å². The van der Waals surface area contributed by atoms with E-state index in [1.54, 1.807) is 6.20 Å². The van der Waals surface area contributed by atoms with E-state index in [0.29, 0.717) is 6.42 Å². The van der Waals surface area contributed by atoms with Crippen LogP contribution in [0, 0.1) is 0 Å². The normalized spacial score (nSPS) is 14.7. The molecule has 12 heavy (non-hydrogen) atoms. The Balaban J connectivity index is 2.56. The number of rotatable bonds is 3. The number of aromatic nitrogens is 1. The van der Waals surface area contributed by atoms with Gasteiger partial charge in [-0.2, -0.15) is 0 Å². The van der Waals surface area contributed by atoms with E-state index >= 15 is 0 Å². The highest BCUT2D eigenvalue weighted by Crippen LogP contribution is 2.20. The second-order valence-electron chi connectivity index (χ2n) is 3.83. The lowest BCUT2D eigenvalue weighted by molar-refractivity contribution is 0.138. The number of aliphatic hydroxyl groups is 1. The van der Waals surface area contributed by atoms with E-state index in [1.807, 2.05) is 26.0 Å². The zero-order valence-electron chi connectivity index (χ0n) is 7.54. The van der Waals surface area contributed by atoms with E-state index in [0.717, 1.165) is 5.69 Å². The first kappa shape index (κ1) is 9.29. The average molecular weight is 168 g/mol. The SMILES string of the molecule is CC(C)(N)CC(O)c1ccc[nH]1. The Hall–Kier alpha value is -0.800. The molecular weight excluding hydrogens is 152 g/mol. The molecule has 0 aromatic carbocycles. The second kappa shape index (κ2) is 3.29. The molecular formula is C9H16N2O. The molecule has 1 heterocycles. The molecule has 0 saturated heterocycles. The van der Waals surface area contributed by atoms with Gasteiger partial charge in [0.1, 0.15) is 0 Å². The first-order chi connectivity index (χ1) is 5.49. The number of hydrogen-bond acceptors (Lipinski definition) is 2. The summed E-state index contributed by atoms with van der Waals surface area (Å²) in [4.78, 5) is 2.95. The lowest BCUT2D eigenvalue weighted by Crippen LogP contribution is -2.33. The predicted octanol–water partition coefficient (Wildman–Crippen LogP) is 1.18. The zero-order chi connectivity index (χ0) is 9.19. The molecule has 1 unspecified atom stereocenters. The van der Waals surface area contributed by atoms with Crippen LogP contribution in [0.1, 0.15) is 32.1 Å². The van der Waals surface area contributed by atoms with Gasteiger partial charge in [0, 0.05) is 17.4 Å². The summed E-state index contributed by atoms with van der Waals surface area (Å²) in [6, 6.07) is 3.72. The van der Waals surface area contributed by atoms with Gasteiger partial charge in [0.25, 0.3) is 0 Å². The molecule has 1 aromatic rings. The van der Waals surface area contributed by atoms with Gasteiger partial charge in [0.2, 0.25) is 0 Å². The standard InChI is InChI=1S/C9H16N2O/c1-9(2,10)6-8(12)7-4-3-5-11-7/h3-5,8,11-12H,6,10H2,1-2H3. The van der Waals surface area contributed by atoms with Crippen molar-refractivity contribution < 1.29 is 5.11 Å². The largest absolute Gasteiger partial charge is 0.387 e. The minimum atomic E-state index is -0.486. The highest BCUT2D eigenvalue weighted by molar-refractivity contribution is 5.07. The Kier molecular flexibility index (Phi) is 2.55. The monoisotopic (exact) mass is 168 g/mol. The molecule has 1 aromatic heterocycles. The molecule has 0 aliphatic rings. The second-order valence-corrected chi connectivity index (χ2v) is 3.83. The van der Waals surface area contributed by atoms with Crippen molar-refractivity contribution in [3.8, 4) is 0 Å². The summed E-state index contributed by atoms with van der Waals surface area (Å²) in [5.74, 6) is 0. The fourth-order valence-corrected chi connectivity index (χ4v) is 1.16. The Bertz CT molecular complexity index is 223. The van der Waals surface area contributed by atoms with E-state index in [9.17, 15) is 5.11 Å². The van der Waals surface area contributed by atoms with Crippen LogP contribution >= 0.6 is 0 Å². The van der Waals surface area contributed by atoms with E-state index in [1.165, 1.54) is 0 Å². The lowest BCUT2D eigenvalue weighted by atomic mass is 9.97. The minimum absolute atomic E-state index is 0.329. The lowest BCUT2D eigenvalue weighted by Gasteiger charge is -2.21. The molecule has 1 rings (SSSR count). The minimum Gasteiger partial charge on any atom is -0.387 e.